The Morgan fingerprint density at radius 1 is 1.47 bits per heavy atom. The second-order valence-electron chi connectivity index (χ2n) is 4.34. The first-order valence-electron chi connectivity index (χ1n) is 5.63. The highest BCUT2D eigenvalue weighted by Crippen LogP contribution is 2.35. The molecule has 2 N–H and O–H groups in total. The van der Waals surface area contributed by atoms with E-state index in [0.29, 0.717) is 17.0 Å². The van der Waals surface area contributed by atoms with Crippen LogP contribution in [0.2, 0.25) is 5.02 Å². The summed E-state index contributed by atoms with van der Waals surface area (Å²) < 4.78 is 13.3. The molecule has 2 unspecified atom stereocenters. The summed E-state index contributed by atoms with van der Waals surface area (Å²) in [5.74, 6) is 0.597. The van der Waals surface area contributed by atoms with Gasteiger partial charge in [-0.05, 0) is 13.0 Å². The highest BCUT2D eigenvalue weighted by atomic mass is 35.5. The van der Waals surface area contributed by atoms with Gasteiger partial charge in [-0.2, -0.15) is 11.8 Å². The molecule has 94 valence electrons. The van der Waals surface area contributed by atoms with E-state index in [9.17, 15) is 4.39 Å². The molecule has 0 radical (unpaired) electrons. The molecule has 0 aromatic heterocycles. The van der Waals surface area contributed by atoms with Crippen LogP contribution in [-0.4, -0.2) is 23.6 Å². The van der Waals surface area contributed by atoms with Gasteiger partial charge in [-0.3, -0.25) is 0 Å². The van der Waals surface area contributed by atoms with Crippen LogP contribution < -0.4 is 10.6 Å². The van der Waals surface area contributed by atoms with Crippen molar-refractivity contribution in [2.24, 2.45) is 0 Å². The summed E-state index contributed by atoms with van der Waals surface area (Å²) in [6.45, 7) is 5.28. The van der Waals surface area contributed by atoms with Crippen molar-refractivity contribution < 1.29 is 4.39 Å². The number of nitrogens with zero attached hydrogens (tertiary/aromatic N) is 1. The zero-order chi connectivity index (χ0) is 12.6. The first kappa shape index (κ1) is 12.8. The Bertz CT molecular complexity index is 427. The summed E-state index contributed by atoms with van der Waals surface area (Å²) in [6, 6.07) is 3.31. The van der Waals surface area contributed by atoms with Gasteiger partial charge in [-0.15, -0.1) is 0 Å². The van der Waals surface area contributed by atoms with Crippen molar-refractivity contribution in [1.82, 2.24) is 0 Å². The number of benzene rings is 1. The van der Waals surface area contributed by atoms with Gasteiger partial charge >= 0.3 is 0 Å². The monoisotopic (exact) mass is 274 g/mol. The summed E-state index contributed by atoms with van der Waals surface area (Å²) in [5.41, 5.74) is 7.18. The van der Waals surface area contributed by atoms with Crippen LogP contribution in [0.15, 0.2) is 12.1 Å². The zero-order valence-corrected chi connectivity index (χ0v) is 11.5. The fourth-order valence-electron chi connectivity index (χ4n) is 2.07. The predicted molar refractivity (Wildman–Crippen MR) is 74.6 cm³/mol. The summed E-state index contributed by atoms with van der Waals surface area (Å²) in [5, 5.41) is 0.666. The van der Waals surface area contributed by atoms with E-state index in [1.54, 1.807) is 6.07 Å². The quantitative estimate of drug-likeness (QED) is 0.796. The second kappa shape index (κ2) is 4.94. The number of nitrogens with two attached hydrogens (primary N) is 1. The van der Waals surface area contributed by atoms with Crippen molar-refractivity contribution in [3.63, 3.8) is 0 Å². The number of hydrogen-bond donors (Lipinski definition) is 1. The Balaban J connectivity index is 2.36. The van der Waals surface area contributed by atoms with Crippen LogP contribution in [0.25, 0.3) is 0 Å². The molecule has 1 aliphatic heterocycles. The van der Waals surface area contributed by atoms with Gasteiger partial charge in [0.15, 0.2) is 0 Å². The Kier molecular flexibility index (Phi) is 3.73. The van der Waals surface area contributed by atoms with E-state index in [1.807, 2.05) is 11.8 Å². The largest absolute Gasteiger partial charge is 0.397 e. The Morgan fingerprint density at radius 2 is 2.18 bits per heavy atom. The van der Waals surface area contributed by atoms with Gasteiger partial charge in [0.25, 0.3) is 0 Å². The SMILES string of the molecule is CC1SCCN(c2cc(Cl)c(F)cc2N)C1C. The van der Waals surface area contributed by atoms with Gasteiger partial charge < -0.3 is 10.6 Å². The van der Waals surface area contributed by atoms with Crippen LogP contribution in [-0.2, 0) is 0 Å². The Morgan fingerprint density at radius 3 is 2.88 bits per heavy atom. The second-order valence-corrected chi connectivity index (χ2v) is 6.23. The molecule has 1 heterocycles. The van der Waals surface area contributed by atoms with E-state index in [2.05, 4.69) is 18.7 Å². The standard InChI is InChI=1S/C12H16ClFN2S/c1-7-8(2)17-4-3-16(7)12-5-9(13)10(14)6-11(12)15/h5-8H,3-4,15H2,1-2H3. The van der Waals surface area contributed by atoms with Crippen LogP contribution in [0.5, 0.6) is 0 Å². The first-order valence-corrected chi connectivity index (χ1v) is 7.06. The molecule has 2 nitrogen and oxygen atoms in total. The predicted octanol–water partition coefficient (Wildman–Crippen LogP) is 3.39. The maximum Gasteiger partial charge on any atom is 0.143 e. The van der Waals surface area contributed by atoms with Crippen molar-refractivity contribution in [2.45, 2.75) is 25.1 Å². The third kappa shape index (κ3) is 2.47. The van der Waals surface area contributed by atoms with Crippen molar-refractivity contribution in [2.75, 3.05) is 22.9 Å². The molecule has 17 heavy (non-hydrogen) atoms. The van der Waals surface area contributed by atoms with E-state index < -0.39 is 5.82 Å². The third-order valence-electron chi connectivity index (χ3n) is 3.26. The lowest BCUT2D eigenvalue weighted by molar-refractivity contribution is 0.618. The summed E-state index contributed by atoms with van der Waals surface area (Å²) >= 11 is 7.77. The van der Waals surface area contributed by atoms with Gasteiger partial charge in [-0.25, -0.2) is 4.39 Å². The maximum absolute atomic E-state index is 13.3. The molecule has 0 bridgehead atoms. The zero-order valence-electron chi connectivity index (χ0n) is 9.91. The minimum atomic E-state index is -0.458. The molecule has 0 amide bonds. The van der Waals surface area contributed by atoms with Crippen molar-refractivity contribution in [3.05, 3.63) is 23.0 Å². The smallest absolute Gasteiger partial charge is 0.143 e. The van der Waals surface area contributed by atoms with E-state index in [1.165, 1.54) is 6.07 Å². The molecule has 0 saturated carbocycles. The van der Waals surface area contributed by atoms with Crippen LogP contribution in [0.3, 0.4) is 0 Å². The molecule has 0 aliphatic carbocycles. The molecule has 1 aromatic carbocycles. The molecule has 0 spiro atoms. The Labute approximate surface area is 110 Å². The number of thioether (sulfide) groups is 1. The number of rotatable bonds is 1. The van der Waals surface area contributed by atoms with Gasteiger partial charge in [0.2, 0.25) is 0 Å². The molecule has 2 rings (SSSR count). The van der Waals surface area contributed by atoms with E-state index in [4.69, 9.17) is 17.3 Å². The molecule has 1 fully saturated rings. The molecule has 1 saturated heterocycles. The molecule has 1 aromatic rings. The number of nitrogen functional groups attached to an aromatic ring is 1. The van der Waals surface area contributed by atoms with Gasteiger partial charge in [0.1, 0.15) is 5.82 Å². The number of halogens is 2. The van der Waals surface area contributed by atoms with Crippen LogP contribution in [0.4, 0.5) is 15.8 Å². The number of hydrogen-bond acceptors (Lipinski definition) is 3. The lowest BCUT2D eigenvalue weighted by Crippen LogP contribution is -2.45. The highest BCUT2D eigenvalue weighted by Gasteiger charge is 2.27. The van der Waals surface area contributed by atoms with Crippen molar-refractivity contribution >= 4 is 34.7 Å². The van der Waals surface area contributed by atoms with E-state index in [-0.39, 0.29) is 5.02 Å². The van der Waals surface area contributed by atoms with Gasteiger partial charge in [0, 0.05) is 29.7 Å². The summed E-state index contributed by atoms with van der Waals surface area (Å²) in [6.07, 6.45) is 0. The molecular weight excluding hydrogens is 259 g/mol. The minimum absolute atomic E-state index is 0.132. The lowest BCUT2D eigenvalue weighted by Gasteiger charge is -2.39. The normalized spacial score (nSPS) is 25.1. The van der Waals surface area contributed by atoms with Gasteiger partial charge in [-0.1, -0.05) is 18.5 Å². The third-order valence-corrected chi connectivity index (χ3v) is 4.89. The van der Waals surface area contributed by atoms with Crippen LogP contribution >= 0.6 is 23.4 Å². The highest BCUT2D eigenvalue weighted by molar-refractivity contribution is 8.00. The van der Waals surface area contributed by atoms with Crippen molar-refractivity contribution in [1.29, 1.82) is 0 Å². The van der Waals surface area contributed by atoms with Crippen LogP contribution in [0.1, 0.15) is 13.8 Å². The molecule has 5 heteroatoms. The summed E-state index contributed by atoms with van der Waals surface area (Å²) in [4.78, 5) is 2.21. The summed E-state index contributed by atoms with van der Waals surface area (Å²) in [7, 11) is 0. The van der Waals surface area contributed by atoms with Crippen LogP contribution in [0, 0.1) is 5.82 Å². The molecule has 2 atom stereocenters. The van der Waals surface area contributed by atoms with E-state index >= 15 is 0 Å². The molecule has 1 aliphatic rings. The van der Waals surface area contributed by atoms with Crippen molar-refractivity contribution in [3.8, 4) is 0 Å². The number of anilines is 2. The molecular formula is C12H16ClFN2S. The fraction of sp³-hybridized carbons (Fsp3) is 0.500. The van der Waals surface area contributed by atoms with E-state index in [0.717, 1.165) is 18.0 Å². The average Bonchev–Trinajstić information content (AvgIpc) is 2.28. The maximum atomic E-state index is 13.3. The topological polar surface area (TPSA) is 29.3 Å². The first-order chi connectivity index (χ1) is 8.00. The fourth-order valence-corrected chi connectivity index (χ4v) is 3.33. The average molecular weight is 275 g/mol. The lowest BCUT2D eigenvalue weighted by atomic mass is 10.1. The minimum Gasteiger partial charge on any atom is -0.397 e. The Hall–Kier alpha value is -0.610. The van der Waals surface area contributed by atoms with Gasteiger partial charge in [0.05, 0.1) is 16.4 Å².